The minimum Gasteiger partial charge on any atom is -0.479 e. The van der Waals surface area contributed by atoms with E-state index in [2.05, 4.69) is 10.1 Å². The van der Waals surface area contributed by atoms with Crippen LogP contribution in [0.3, 0.4) is 0 Å². The van der Waals surface area contributed by atoms with E-state index in [1.54, 1.807) is 12.1 Å². The number of nitrogens with zero attached hydrogens (tertiary/aromatic N) is 1. The molecular weight excluding hydrogens is 437 g/mol. The van der Waals surface area contributed by atoms with Crippen molar-refractivity contribution in [1.29, 1.82) is 0 Å². The Hall–Kier alpha value is -3.23. The molecule has 0 aromatic heterocycles. The van der Waals surface area contributed by atoms with E-state index >= 15 is 0 Å². The topological polar surface area (TPSA) is 67.9 Å². The third-order valence-electron chi connectivity index (χ3n) is 5.75. The maximum absolute atomic E-state index is 13.0. The first-order valence-electron chi connectivity index (χ1n) is 10.7. The number of ketones is 1. The van der Waals surface area contributed by atoms with Crippen LogP contribution >= 0.6 is 0 Å². The lowest BCUT2D eigenvalue weighted by atomic mass is 10.1. The molecule has 1 fully saturated rings. The fraction of sp³-hybridized carbons (Fsp3) is 0.417. The van der Waals surface area contributed by atoms with Gasteiger partial charge in [0.1, 0.15) is 5.75 Å². The molecule has 1 saturated carbocycles. The lowest BCUT2D eigenvalue weighted by molar-refractivity contribution is -0.242. The fourth-order valence-corrected chi connectivity index (χ4v) is 3.60. The van der Waals surface area contributed by atoms with Gasteiger partial charge in [-0.2, -0.15) is 13.2 Å². The van der Waals surface area contributed by atoms with E-state index in [1.807, 2.05) is 35.2 Å². The summed E-state index contributed by atoms with van der Waals surface area (Å²) in [5.41, 5.74) is -0.728. The maximum Gasteiger partial charge on any atom is 0.427 e. The number of ether oxygens (including phenoxy) is 2. The van der Waals surface area contributed by atoms with Crippen LogP contribution in [-0.2, 0) is 16.1 Å². The third-order valence-corrected chi connectivity index (χ3v) is 5.75. The van der Waals surface area contributed by atoms with Gasteiger partial charge in [0.25, 0.3) is 0 Å². The van der Waals surface area contributed by atoms with Crippen LogP contribution in [0.5, 0.6) is 5.75 Å². The molecule has 2 aliphatic rings. The minimum absolute atomic E-state index is 0.0443. The predicted octanol–water partition coefficient (Wildman–Crippen LogP) is 5.32. The van der Waals surface area contributed by atoms with Crippen molar-refractivity contribution in [3.8, 4) is 5.75 Å². The summed E-state index contributed by atoms with van der Waals surface area (Å²) in [6, 6.07) is 14.4. The molecule has 0 spiro atoms. The molecule has 1 aliphatic heterocycles. The molecule has 0 radical (unpaired) electrons. The summed E-state index contributed by atoms with van der Waals surface area (Å²) in [6.07, 6.45) is -4.76. The van der Waals surface area contributed by atoms with Crippen molar-refractivity contribution in [3.05, 3.63) is 54.1 Å². The van der Waals surface area contributed by atoms with Crippen LogP contribution in [0.15, 0.2) is 48.5 Å². The molecule has 1 N–H and O–H groups in total. The first-order valence-corrected chi connectivity index (χ1v) is 10.7. The molecule has 4 rings (SSSR count). The van der Waals surface area contributed by atoms with E-state index in [0.717, 1.165) is 32.3 Å². The highest BCUT2D eigenvalue weighted by molar-refractivity contribution is 5.90. The predicted molar refractivity (Wildman–Crippen MR) is 116 cm³/mol. The first kappa shape index (κ1) is 22.9. The number of halogens is 3. The van der Waals surface area contributed by atoms with E-state index in [0.29, 0.717) is 24.5 Å². The summed E-state index contributed by atoms with van der Waals surface area (Å²) in [6.45, 7) is 2.41. The van der Waals surface area contributed by atoms with Gasteiger partial charge in [-0.1, -0.05) is 30.3 Å². The van der Waals surface area contributed by atoms with Crippen LogP contribution in [0, 0.1) is 5.92 Å². The highest BCUT2D eigenvalue weighted by atomic mass is 19.4. The van der Waals surface area contributed by atoms with Crippen molar-refractivity contribution in [3.63, 3.8) is 0 Å². The smallest absolute Gasteiger partial charge is 0.427 e. The number of carbonyl (C=O) groups excluding carboxylic acids is 2. The normalized spacial score (nSPS) is 18.2. The number of hydrogen-bond donors (Lipinski definition) is 1. The number of hydrogen-bond acceptors (Lipinski definition) is 5. The minimum atomic E-state index is -4.70. The first-order chi connectivity index (χ1) is 15.5. The summed E-state index contributed by atoms with van der Waals surface area (Å²) < 4.78 is 49.6. The third kappa shape index (κ3) is 5.23. The summed E-state index contributed by atoms with van der Waals surface area (Å²) in [5.74, 6) is 0.604. The van der Waals surface area contributed by atoms with Crippen LogP contribution in [0.4, 0.5) is 29.3 Å². The molecule has 0 saturated heterocycles. The number of alkyl halides is 3. The Labute approximate surface area is 189 Å². The second-order valence-electron chi connectivity index (χ2n) is 8.85. The number of Topliss-reactive ketones (excluding diaryl/α,β-unsaturated/α-hetero) is 1. The molecule has 1 heterocycles. The van der Waals surface area contributed by atoms with Gasteiger partial charge in [-0.3, -0.25) is 10.1 Å². The SMILES string of the molecule is CC(C)(OC(=O)Nc1ccc2c(c1)N(Cc1ccccc1)C[C@H](C(=O)C1CC1)O2)C(F)(F)F. The number of benzene rings is 2. The van der Waals surface area contributed by atoms with E-state index in [4.69, 9.17) is 4.74 Å². The number of rotatable bonds is 6. The lowest BCUT2D eigenvalue weighted by Gasteiger charge is -2.36. The zero-order valence-corrected chi connectivity index (χ0v) is 18.3. The molecule has 2 aromatic rings. The number of amides is 1. The molecule has 176 valence electrons. The van der Waals surface area contributed by atoms with Gasteiger partial charge in [0.15, 0.2) is 11.9 Å². The Morgan fingerprint density at radius 2 is 1.82 bits per heavy atom. The molecular formula is C24H25F3N2O4. The van der Waals surface area contributed by atoms with Crippen molar-refractivity contribution < 1.29 is 32.2 Å². The van der Waals surface area contributed by atoms with Crippen LogP contribution in [-0.4, -0.2) is 36.3 Å². The standard InChI is InChI=1S/C24H25F3N2O4/c1-23(2,24(25,26)27)33-22(31)28-17-10-11-19-18(12-17)29(13-15-6-4-3-5-7-15)14-20(32-19)21(30)16-8-9-16/h3-7,10-12,16,20H,8-9,13-14H2,1-2H3,(H,28,31)/t20-/m1/s1. The zero-order chi connectivity index (χ0) is 23.8. The molecule has 1 amide bonds. The van der Waals surface area contributed by atoms with Crippen LogP contribution in [0.25, 0.3) is 0 Å². The molecule has 0 unspecified atom stereocenters. The van der Waals surface area contributed by atoms with Gasteiger partial charge in [-0.05, 0) is 50.5 Å². The van der Waals surface area contributed by atoms with Crippen molar-refractivity contribution in [2.45, 2.75) is 51.1 Å². The zero-order valence-electron chi connectivity index (χ0n) is 18.3. The fourth-order valence-electron chi connectivity index (χ4n) is 3.60. The molecule has 2 aromatic carbocycles. The Balaban J connectivity index is 1.55. The van der Waals surface area contributed by atoms with Gasteiger partial charge < -0.3 is 14.4 Å². The van der Waals surface area contributed by atoms with Crippen LogP contribution < -0.4 is 15.0 Å². The highest BCUT2D eigenvalue weighted by Gasteiger charge is 2.51. The van der Waals surface area contributed by atoms with Gasteiger partial charge >= 0.3 is 12.3 Å². The largest absolute Gasteiger partial charge is 0.479 e. The molecule has 1 aliphatic carbocycles. The maximum atomic E-state index is 13.0. The van der Waals surface area contributed by atoms with E-state index in [1.165, 1.54) is 6.07 Å². The molecule has 33 heavy (non-hydrogen) atoms. The number of anilines is 2. The number of fused-ring (bicyclic) bond motifs is 1. The summed E-state index contributed by atoms with van der Waals surface area (Å²) in [5, 5.41) is 2.36. The summed E-state index contributed by atoms with van der Waals surface area (Å²) in [4.78, 5) is 26.8. The number of nitrogens with one attached hydrogen (secondary N) is 1. The Kier molecular flexibility index (Phi) is 5.99. The summed E-state index contributed by atoms with van der Waals surface area (Å²) >= 11 is 0. The molecule has 6 nitrogen and oxygen atoms in total. The van der Waals surface area contributed by atoms with Gasteiger partial charge in [0.2, 0.25) is 5.60 Å². The van der Waals surface area contributed by atoms with E-state index in [9.17, 15) is 22.8 Å². The second kappa shape index (κ2) is 8.61. The number of carbonyl (C=O) groups is 2. The molecule has 9 heteroatoms. The quantitative estimate of drug-likeness (QED) is 0.629. The van der Waals surface area contributed by atoms with E-state index in [-0.39, 0.29) is 17.4 Å². The van der Waals surface area contributed by atoms with Crippen LogP contribution in [0.2, 0.25) is 0 Å². The molecule has 0 bridgehead atoms. The monoisotopic (exact) mass is 462 g/mol. The van der Waals surface area contributed by atoms with Gasteiger partial charge in [0, 0.05) is 18.2 Å². The lowest BCUT2D eigenvalue weighted by Crippen LogP contribution is -2.45. The second-order valence-corrected chi connectivity index (χ2v) is 8.85. The Morgan fingerprint density at radius 1 is 1.12 bits per heavy atom. The summed E-state index contributed by atoms with van der Waals surface area (Å²) in [7, 11) is 0. The van der Waals surface area contributed by atoms with Gasteiger partial charge in [-0.15, -0.1) is 0 Å². The molecule has 1 atom stereocenters. The average molecular weight is 462 g/mol. The van der Waals surface area contributed by atoms with Crippen molar-refractivity contribution in [2.75, 3.05) is 16.8 Å². The van der Waals surface area contributed by atoms with E-state index < -0.39 is 24.0 Å². The highest BCUT2D eigenvalue weighted by Crippen LogP contribution is 2.40. The Morgan fingerprint density at radius 3 is 2.45 bits per heavy atom. The average Bonchev–Trinajstić information content (AvgIpc) is 3.58. The van der Waals surface area contributed by atoms with Gasteiger partial charge in [0.05, 0.1) is 12.2 Å². The Bertz CT molecular complexity index is 1040. The van der Waals surface area contributed by atoms with Crippen LogP contribution in [0.1, 0.15) is 32.3 Å². The van der Waals surface area contributed by atoms with Crippen molar-refractivity contribution in [2.24, 2.45) is 5.92 Å². The van der Waals surface area contributed by atoms with Crippen molar-refractivity contribution >= 4 is 23.3 Å². The van der Waals surface area contributed by atoms with Crippen molar-refractivity contribution in [1.82, 2.24) is 0 Å². The van der Waals surface area contributed by atoms with Gasteiger partial charge in [-0.25, -0.2) is 4.79 Å².